The van der Waals surface area contributed by atoms with Crippen LogP contribution in [0.15, 0.2) is 66.7 Å². The number of aromatic nitrogens is 2. The Morgan fingerprint density at radius 3 is 2.38 bits per heavy atom. The molecule has 4 amide bonds. The molecule has 5 aromatic rings. The minimum Gasteiger partial charge on any atom is -0.494 e. The van der Waals surface area contributed by atoms with Gasteiger partial charge in [0.25, 0.3) is 0 Å². The second kappa shape index (κ2) is 21.1. The first-order valence-corrected chi connectivity index (χ1v) is 24.2. The Labute approximate surface area is 400 Å². The summed E-state index contributed by atoms with van der Waals surface area (Å²) >= 11 is 6.67. The highest BCUT2D eigenvalue weighted by Crippen LogP contribution is 2.56. The van der Waals surface area contributed by atoms with Crippen molar-refractivity contribution in [2.24, 2.45) is 12.8 Å². The molecule has 16 heteroatoms. The molecule has 4 aromatic carbocycles. The van der Waals surface area contributed by atoms with Gasteiger partial charge < -0.3 is 30.7 Å². The lowest BCUT2D eigenvalue weighted by Crippen LogP contribution is -2.50. The van der Waals surface area contributed by atoms with Gasteiger partial charge in [-0.25, -0.2) is 8.78 Å². The molecule has 0 spiro atoms. The van der Waals surface area contributed by atoms with Gasteiger partial charge in [0.15, 0.2) is 17.2 Å². The molecule has 3 unspecified atom stereocenters. The number of anilines is 1. The third kappa shape index (κ3) is 9.78. The zero-order chi connectivity index (χ0) is 48.1. The predicted molar refractivity (Wildman–Crippen MR) is 258 cm³/mol. The van der Waals surface area contributed by atoms with Gasteiger partial charge in [-0.05, 0) is 55.9 Å². The van der Waals surface area contributed by atoms with Crippen molar-refractivity contribution in [2.75, 3.05) is 38.6 Å². The molecule has 68 heavy (non-hydrogen) atoms. The van der Waals surface area contributed by atoms with Gasteiger partial charge >= 0.3 is 0 Å². The number of carbonyl (C=O) groups is 4. The van der Waals surface area contributed by atoms with Crippen LogP contribution in [0.4, 0.5) is 14.5 Å². The molecular formula is C52H60ClF2N7O6. The summed E-state index contributed by atoms with van der Waals surface area (Å²) in [5.74, 6) is -3.87. The van der Waals surface area contributed by atoms with E-state index in [-0.39, 0.29) is 57.0 Å². The summed E-state index contributed by atoms with van der Waals surface area (Å²) in [4.78, 5) is 52.1. The fraction of sp³-hybridized carbons (Fsp3) is 0.442. The first-order valence-electron chi connectivity index (χ1n) is 23.8. The summed E-state index contributed by atoms with van der Waals surface area (Å²) in [6.07, 6.45) is 10.1. The van der Waals surface area contributed by atoms with Crippen LogP contribution in [0.3, 0.4) is 0 Å². The van der Waals surface area contributed by atoms with Crippen LogP contribution in [0, 0.1) is 11.6 Å². The Hall–Kier alpha value is -6.06. The normalized spacial score (nSPS) is 19.5. The number of carbonyl (C=O) groups excluding carboxylic acids is 4. The van der Waals surface area contributed by atoms with E-state index in [1.807, 2.05) is 72.1 Å². The van der Waals surface area contributed by atoms with Crippen LogP contribution in [0.2, 0.25) is 5.02 Å². The molecule has 3 atom stereocenters. The number of halogens is 3. The van der Waals surface area contributed by atoms with Crippen molar-refractivity contribution >= 4 is 51.8 Å². The SMILES string of the molecule is COc1ccc(C(N)=O)c(-c2c(Cl)c(F)cc3c2C(C)C(CNC2CCN(C(=O)CCCCCCCCCNc4cccc5c(C6CCC(=O)NC6=O)nn(C)c45)CC2)(c2ccccc2)O3)c1F. The molecule has 1 aromatic heterocycles. The van der Waals surface area contributed by atoms with Gasteiger partial charge in [-0.1, -0.05) is 93.1 Å². The first kappa shape index (κ1) is 48.4. The van der Waals surface area contributed by atoms with Crippen molar-refractivity contribution in [3.8, 4) is 22.6 Å². The molecule has 0 saturated carbocycles. The number of rotatable bonds is 19. The average molecular weight is 953 g/mol. The van der Waals surface area contributed by atoms with Crippen LogP contribution in [-0.4, -0.2) is 77.6 Å². The number of nitrogens with one attached hydrogen (secondary N) is 3. The number of para-hydroxylation sites is 1. The minimum atomic E-state index is -1.07. The van der Waals surface area contributed by atoms with Gasteiger partial charge in [0.1, 0.15) is 11.6 Å². The molecule has 8 rings (SSSR count). The summed E-state index contributed by atoms with van der Waals surface area (Å²) in [5, 5.41) is 15.0. The van der Waals surface area contributed by atoms with Crippen LogP contribution in [0.5, 0.6) is 11.5 Å². The van der Waals surface area contributed by atoms with Gasteiger partial charge in [0.05, 0.1) is 40.5 Å². The molecule has 5 N–H and O–H groups in total. The molecule has 0 bridgehead atoms. The van der Waals surface area contributed by atoms with Crippen molar-refractivity contribution in [2.45, 2.75) is 107 Å². The quantitative estimate of drug-likeness (QED) is 0.0466. The van der Waals surface area contributed by atoms with E-state index in [0.717, 1.165) is 86.5 Å². The molecule has 2 fully saturated rings. The summed E-state index contributed by atoms with van der Waals surface area (Å²) in [6.45, 7) is 4.33. The van der Waals surface area contributed by atoms with Gasteiger partial charge in [-0.2, -0.15) is 5.10 Å². The van der Waals surface area contributed by atoms with Crippen LogP contribution < -0.4 is 31.2 Å². The minimum absolute atomic E-state index is 0.00464. The molecule has 0 radical (unpaired) electrons. The number of piperidine rings is 2. The number of imide groups is 1. The summed E-state index contributed by atoms with van der Waals surface area (Å²) in [5.41, 5.74) is 8.15. The summed E-state index contributed by atoms with van der Waals surface area (Å²) in [6, 6.07) is 19.5. The van der Waals surface area contributed by atoms with E-state index < -0.39 is 35.0 Å². The maximum absolute atomic E-state index is 16.2. The molecular weight excluding hydrogens is 892 g/mol. The van der Waals surface area contributed by atoms with Crippen molar-refractivity contribution in [3.63, 3.8) is 0 Å². The zero-order valence-corrected chi connectivity index (χ0v) is 39.7. The highest BCUT2D eigenvalue weighted by Gasteiger charge is 2.50. The van der Waals surface area contributed by atoms with Crippen molar-refractivity contribution in [1.82, 2.24) is 25.3 Å². The Morgan fingerprint density at radius 2 is 1.68 bits per heavy atom. The lowest BCUT2D eigenvalue weighted by Gasteiger charge is -2.38. The number of fused-ring (bicyclic) bond motifs is 2. The molecule has 13 nitrogen and oxygen atoms in total. The molecule has 360 valence electrons. The standard InChI is InChI=1S/C52H60ClF2N7O6/c1-31-43-40(29-37(54)46(53)45(43)44-34(50(56)65)20-22-39(67-3)47(44)55)68-52(31,32-15-10-9-11-16-32)30-58-33-24-27-62(28-25-33)42(64)19-12-7-5-4-6-8-13-26-57-38-18-14-17-35-48(60-61(2)49(35)38)36-21-23-41(63)59-51(36)66/h9-11,14-18,20,22,29,31,33,36,57-58H,4-8,12-13,19,21,23-28,30H2,1-3H3,(H2,56,65)(H,59,63,66). The number of aryl methyl sites for hydroxylation is 1. The molecule has 0 aliphatic carbocycles. The van der Waals surface area contributed by atoms with Gasteiger partial charge in [0.2, 0.25) is 23.6 Å². The van der Waals surface area contributed by atoms with E-state index in [9.17, 15) is 19.2 Å². The van der Waals surface area contributed by atoms with E-state index in [1.165, 1.54) is 25.3 Å². The predicted octanol–water partition coefficient (Wildman–Crippen LogP) is 9.00. The number of benzene rings is 4. The number of primary amides is 1. The van der Waals surface area contributed by atoms with Crippen molar-refractivity contribution in [1.29, 1.82) is 0 Å². The molecule has 3 aliphatic rings. The number of hydrogen-bond acceptors (Lipinski definition) is 9. The zero-order valence-electron chi connectivity index (χ0n) is 38.9. The lowest BCUT2D eigenvalue weighted by molar-refractivity contribution is -0.134. The van der Waals surface area contributed by atoms with Gasteiger partial charge in [-0.15, -0.1) is 0 Å². The fourth-order valence-electron chi connectivity index (χ4n) is 10.4. The summed E-state index contributed by atoms with van der Waals surface area (Å²) in [7, 11) is 3.18. The van der Waals surface area contributed by atoms with E-state index in [2.05, 4.69) is 21.0 Å². The van der Waals surface area contributed by atoms with Crippen LogP contribution in [0.25, 0.3) is 22.0 Å². The second-order valence-corrected chi connectivity index (χ2v) is 18.7. The van der Waals surface area contributed by atoms with E-state index in [0.29, 0.717) is 50.2 Å². The Kier molecular flexibility index (Phi) is 15.0. The molecule has 4 heterocycles. The number of amides is 4. The van der Waals surface area contributed by atoms with E-state index >= 15 is 8.78 Å². The Balaban J connectivity index is 0.788. The fourth-order valence-corrected chi connectivity index (χ4v) is 10.6. The highest BCUT2D eigenvalue weighted by atomic mass is 35.5. The number of unbranched alkanes of at least 4 members (excludes halogenated alkanes) is 6. The maximum Gasteiger partial charge on any atom is 0.249 e. The van der Waals surface area contributed by atoms with E-state index in [1.54, 1.807) is 0 Å². The maximum atomic E-state index is 16.2. The number of nitrogens with two attached hydrogens (primary N) is 1. The third-order valence-corrected chi connectivity index (χ3v) is 14.5. The van der Waals surface area contributed by atoms with Crippen LogP contribution >= 0.6 is 11.6 Å². The third-order valence-electron chi connectivity index (χ3n) is 14.1. The number of likely N-dealkylation sites (tertiary alicyclic amines) is 1. The first-order chi connectivity index (χ1) is 32.8. The Morgan fingerprint density at radius 1 is 0.956 bits per heavy atom. The largest absolute Gasteiger partial charge is 0.494 e. The number of methoxy groups -OCH3 is 1. The van der Waals surface area contributed by atoms with E-state index in [4.69, 9.17) is 26.8 Å². The molecule has 2 saturated heterocycles. The number of ether oxygens (including phenoxy) is 2. The van der Waals surface area contributed by atoms with Crippen LogP contribution in [0.1, 0.15) is 123 Å². The van der Waals surface area contributed by atoms with Crippen LogP contribution in [-0.2, 0) is 27.0 Å². The topological polar surface area (TPSA) is 170 Å². The smallest absolute Gasteiger partial charge is 0.249 e. The lowest BCUT2D eigenvalue weighted by atomic mass is 9.77. The van der Waals surface area contributed by atoms with Crippen molar-refractivity contribution < 1.29 is 37.4 Å². The second-order valence-electron chi connectivity index (χ2n) is 18.3. The number of hydrogen-bond donors (Lipinski definition) is 4. The molecule has 3 aliphatic heterocycles. The van der Waals surface area contributed by atoms with Crippen molar-refractivity contribution in [3.05, 3.63) is 106 Å². The number of nitrogens with zero attached hydrogens (tertiary/aromatic N) is 3. The summed E-state index contributed by atoms with van der Waals surface area (Å²) < 4.78 is 45.7. The highest BCUT2D eigenvalue weighted by molar-refractivity contribution is 6.34. The van der Waals surface area contributed by atoms with Gasteiger partial charge in [0, 0.05) is 86.2 Å². The Bertz CT molecular complexity index is 2690. The monoisotopic (exact) mass is 951 g/mol. The average Bonchev–Trinajstić information content (AvgIpc) is 3.82. The van der Waals surface area contributed by atoms with Gasteiger partial charge in [-0.3, -0.25) is 29.2 Å².